The Labute approximate surface area is 157 Å². The number of aryl methyl sites for hydroxylation is 1. The van der Waals surface area contributed by atoms with E-state index in [1.165, 1.54) is 17.0 Å². The number of piperazine rings is 1. The van der Waals surface area contributed by atoms with E-state index in [9.17, 15) is 14.0 Å². The fourth-order valence-corrected chi connectivity index (χ4v) is 3.08. The van der Waals surface area contributed by atoms with Gasteiger partial charge in [0.25, 0.3) is 0 Å². The molecule has 0 unspecified atom stereocenters. The Morgan fingerprint density at radius 2 is 1.89 bits per heavy atom. The molecule has 0 saturated carbocycles. The molecule has 7 heteroatoms. The highest BCUT2D eigenvalue weighted by atomic mass is 19.1. The largest absolute Gasteiger partial charge is 0.497 e. The summed E-state index contributed by atoms with van der Waals surface area (Å²) < 4.78 is 18.6. The van der Waals surface area contributed by atoms with Crippen molar-refractivity contribution in [2.75, 3.05) is 30.4 Å². The Bertz CT molecular complexity index is 854. The average molecular weight is 371 g/mol. The van der Waals surface area contributed by atoms with Gasteiger partial charge in [0.05, 0.1) is 7.11 Å². The van der Waals surface area contributed by atoms with Crippen molar-refractivity contribution in [2.45, 2.75) is 19.9 Å². The van der Waals surface area contributed by atoms with Crippen LogP contribution in [-0.4, -0.2) is 43.1 Å². The molecule has 1 saturated heterocycles. The standard InChI is InChI=1S/C20H22FN3O3/c1-13-4-5-15(21)12-18(13)22-20(26)23-10-11-24(19(25)14(23)2)16-6-8-17(27-3)9-7-16/h4-9,12,14H,10-11H2,1-3H3,(H,22,26)/t14-/m0/s1. The van der Waals surface area contributed by atoms with Gasteiger partial charge < -0.3 is 19.9 Å². The maximum absolute atomic E-state index is 13.4. The SMILES string of the molecule is COc1ccc(N2CCN(C(=O)Nc3cc(F)ccc3C)[C@@H](C)C2=O)cc1. The first-order valence-electron chi connectivity index (χ1n) is 8.70. The maximum Gasteiger partial charge on any atom is 0.322 e. The molecule has 1 atom stereocenters. The van der Waals surface area contributed by atoms with Crippen LogP contribution >= 0.6 is 0 Å². The van der Waals surface area contributed by atoms with E-state index in [1.54, 1.807) is 44.1 Å². The summed E-state index contributed by atoms with van der Waals surface area (Å²) in [5.74, 6) is 0.115. The number of ether oxygens (including phenoxy) is 1. The zero-order valence-electron chi connectivity index (χ0n) is 15.5. The number of hydrogen-bond acceptors (Lipinski definition) is 3. The summed E-state index contributed by atoms with van der Waals surface area (Å²) in [6.45, 7) is 4.23. The number of methoxy groups -OCH3 is 1. The van der Waals surface area contributed by atoms with E-state index in [2.05, 4.69) is 5.32 Å². The molecule has 0 radical (unpaired) electrons. The molecule has 27 heavy (non-hydrogen) atoms. The van der Waals surface area contributed by atoms with Gasteiger partial charge in [0, 0.05) is 24.5 Å². The highest BCUT2D eigenvalue weighted by Gasteiger charge is 2.35. The van der Waals surface area contributed by atoms with Crippen molar-refractivity contribution >= 4 is 23.3 Å². The second-order valence-electron chi connectivity index (χ2n) is 6.45. The minimum absolute atomic E-state index is 0.169. The minimum Gasteiger partial charge on any atom is -0.497 e. The zero-order chi connectivity index (χ0) is 19.6. The molecule has 142 valence electrons. The number of carbonyl (C=O) groups excluding carboxylic acids is 2. The molecule has 1 aliphatic rings. The molecule has 2 aromatic carbocycles. The number of hydrogen-bond donors (Lipinski definition) is 1. The van der Waals surface area contributed by atoms with Crippen molar-refractivity contribution in [2.24, 2.45) is 0 Å². The maximum atomic E-state index is 13.4. The molecule has 2 aromatic rings. The Balaban J connectivity index is 1.71. The van der Waals surface area contributed by atoms with E-state index in [0.29, 0.717) is 24.5 Å². The highest BCUT2D eigenvalue weighted by Crippen LogP contribution is 2.24. The molecule has 0 spiro atoms. The topological polar surface area (TPSA) is 61.9 Å². The van der Waals surface area contributed by atoms with Gasteiger partial charge in [-0.15, -0.1) is 0 Å². The third-order valence-electron chi connectivity index (χ3n) is 4.74. The van der Waals surface area contributed by atoms with Crippen LogP contribution in [0, 0.1) is 12.7 Å². The Kier molecular flexibility index (Phi) is 5.30. The summed E-state index contributed by atoms with van der Waals surface area (Å²) in [6, 6.07) is 10.4. The number of nitrogens with one attached hydrogen (secondary N) is 1. The van der Waals surface area contributed by atoms with Gasteiger partial charge in [0.2, 0.25) is 5.91 Å². The smallest absolute Gasteiger partial charge is 0.322 e. The lowest BCUT2D eigenvalue weighted by molar-refractivity contribution is -0.123. The first kappa shape index (κ1) is 18.7. The van der Waals surface area contributed by atoms with Crippen molar-refractivity contribution in [1.29, 1.82) is 0 Å². The van der Waals surface area contributed by atoms with E-state index >= 15 is 0 Å². The summed E-state index contributed by atoms with van der Waals surface area (Å²) in [5.41, 5.74) is 1.91. The summed E-state index contributed by atoms with van der Waals surface area (Å²) in [6.07, 6.45) is 0. The van der Waals surface area contributed by atoms with Gasteiger partial charge in [-0.1, -0.05) is 6.07 Å². The van der Waals surface area contributed by atoms with Crippen LogP contribution in [0.5, 0.6) is 5.75 Å². The van der Waals surface area contributed by atoms with Gasteiger partial charge in [-0.05, 0) is 55.8 Å². The Morgan fingerprint density at radius 3 is 2.56 bits per heavy atom. The van der Waals surface area contributed by atoms with Gasteiger partial charge in [-0.3, -0.25) is 4.79 Å². The molecule has 0 aromatic heterocycles. The van der Waals surface area contributed by atoms with E-state index in [4.69, 9.17) is 4.74 Å². The van der Waals surface area contributed by atoms with Gasteiger partial charge in [-0.25, -0.2) is 9.18 Å². The first-order valence-corrected chi connectivity index (χ1v) is 8.70. The van der Waals surface area contributed by atoms with Gasteiger partial charge in [-0.2, -0.15) is 0 Å². The van der Waals surface area contributed by atoms with E-state index in [1.807, 2.05) is 12.1 Å². The van der Waals surface area contributed by atoms with Crippen molar-refractivity contribution in [3.05, 3.63) is 53.8 Å². The van der Waals surface area contributed by atoms with E-state index in [0.717, 1.165) is 11.3 Å². The summed E-state index contributed by atoms with van der Waals surface area (Å²) in [4.78, 5) is 28.5. The fourth-order valence-electron chi connectivity index (χ4n) is 3.08. The van der Waals surface area contributed by atoms with Crippen LogP contribution < -0.4 is 15.0 Å². The summed E-state index contributed by atoms with van der Waals surface area (Å²) in [5, 5.41) is 2.70. The van der Waals surface area contributed by atoms with E-state index < -0.39 is 17.9 Å². The number of amides is 3. The molecular weight excluding hydrogens is 349 g/mol. The third kappa shape index (κ3) is 3.86. The van der Waals surface area contributed by atoms with Crippen LogP contribution in [0.25, 0.3) is 0 Å². The molecule has 1 fully saturated rings. The lowest BCUT2D eigenvalue weighted by Gasteiger charge is -2.39. The molecule has 1 N–H and O–H groups in total. The second-order valence-corrected chi connectivity index (χ2v) is 6.45. The van der Waals surface area contributed by atoms with Crippen LogP contribution in [-0.2, 0) is 4.79 Å². The minimum atomic E-state index is -0.630. The molecular formula is C20H22FN3O3. The van der Waals surface area contributed by atoms with Crippen LogP contribution in [0.1, 0.15) is 12.5 Å². The Hall–Kier alpha value is -3.09. The molecule has 3 amide bonds. The monoisotopic (exact) mass is 371 g/mol. The van der Waals surface area contributed by atoms with Crippen molar-refractivity contribution in [1.82, 2.24) is 4.90 Å². The second kappa shape index (κ2) is 7.65. The Morgan fingerprint density at radius 1 is 1.19 bits per heavy atom. The normalized spacial score (nSPS) is 17.0. The molecule has 1 aliphatic heterocycles. The molecule has 1 heterocycles. The summed E-state index contributed by atoms with van der Waals surface area (Å²) >= 11 is 0. The summed E-state index contributed by atoms with van der Waals surface area (Å²) in [7, 11) is 1.58. The molecule has 3 rings (SSSR count). The zero-order valence-corrected chi connectivity index (χ0v) is 15.5. The number of urea groups is 1. The van der Waals surface area contributed by atoms with Crippen molar-refractivity contribution < 1.29 is 18.7 Å². The number of benzene rings is 2. The van der Waals surface area contributed by atoms with Crippen molar-refractivity contribution in [3.63, 3.8) is 0 Å². The van der Waals surface area contributed by atoms with Crippen LogP contribution in [0.2, 0.25) is 0 Å². The lowest BCUT2D eigenvalue weighted by Crippen LogP contribution is -2.58. The average Bonchev–Trinajstić information content (AvgIpc) is 2.67. The molecule has 6 nitrogen and oxygen atoms in total. The number of anilines is 2. The number of rotatable bonds is 3. The van der Waals surface area contributed by atoms with Crippen molar-refractivity contribution in [3.8, 4) is 5.75 Å². The number of halogens is 1. The fraction of sp³-hybridized carbons (Fsp3) is 0.300. The third-order valence-corrected chi connectivity index (χ3v) is 4.74. The number of carbonyl (C=O) groups is 2. The van der Waals surface area contributed by atoms with Crippen LogP contribution in [0.15, 0.2) is 42.5 Å². The van der Waals surface area contributed by atoms with Crippen LogP contribution in [0.3, 0.4) is 0 Å². The lowest BCUT2D eigenvalue weighted by atomic mass is 10.1. The van der Waals surface area contributed by atoms with Gasteiger partial charge >= 0.3 is 6.03 Å². The quantitative estimate of drug-likeness (QED) is 0.899. The first-order chi connectivity index (χ1) is 12.9. The highest BCUT2D eigenvalue weighted by molar-refractivity contribution is 6.02. The van der Waals surface area contributed by atoms with Gasteiger partial charge in [0.15, 0.2) is 0 Å². The molecule has 0 aliphatic carbocycles. The number of nitrogens with zero attached hydrogens (tertiary/aromatic N) is 2. The predicted octanol–water partition coefficient (Wildman–Crippen LogP) is 3.41. The van der Waals surface area contributed by atoms with Gasteiger partial charge in [0.1, 0.15) is 17.6 Å². The molecule has 0 bridgehead atoms. The van der Waals surface area contributed by atoms with E-state index in [-0.39, 0.29) is 5.91 Å². The van der Waals surface area contributed by atoms with Crippen LogP contribution in [0.4, 0.5) is 20.6 Å². The predicted molar refractivity (Wildman–Crippen MR) is 102 cm³/mol.